The van der Waals surface area contributed by atoms with Crippen LogP contribution < -0.4 is 5.73 Å². The Hall–Kier alpha value is -1.69. The van der Waals surface area contributed by atoms with Crippen LogP contribution in [0.4, 0.5) is 0 Å². The van der Waals surface area contributed by atoms with Gasteiger partial charge in [0.05, 0.1) is 6.42 Å². The summed E-state index contributed by atoms with van der Waals surface area (Å²) in [4.78, 5) is 16.6. The van der Waals surface area contributed by atoms with Gasteiger partial charge in [-0.05, 0) is 31.2 Å². The first-order valence-corrected chi connectivity index (χ1v) is 6.91. The molecule has 1 amide bonds. The summed E-state index contributed by atoms with van der Waals surface area (Å²) in [6.45, 7) is 0. The largest absolute Gasteiger partial charge is 0.369 e. The van der Waals surface area contributed by atoms with Crippen LogP contribution in [0, 0.1) is 0 Å². The molecule has 1 aliphatic carbocycles. The van der Waals surface area contributed by atoms with Crippen molar-refractivity contribution < 1.29 is 4.79 Å². The van der Waals surface area contributed by atoms with Crippen molar-refractivity contribution in [2.75, 3.05) is 0 Å². The van der Waals surface area contributed by atoms with Gasteiger partial charge in [-0.25, -0.2) is 4.98 Å². The predicted molar refractivity (Wildman–Crippen MR) is 69.2 cm³/mol. The number of hydrogen-bond donors (Lipinski definition) is 2. The number of fused-ring (bicyclic) bond motifs is 1. The lowest BCUT2D eigenvalue weighted by molar-refractivity contribution is -0.117. The second-order valence-corrected chi connectivity index (χ2v) is 5.47. The first kappa shape index (κ1) is 11.4. The van der Waals surface area contributed by atoms with Gasteiger partial charge in [0.15, 0.2) is 5.82 Å². The molecule has 0 atom stereocenters. The van der Waals surface area contributed by atoms with E-state index in [0.717, 1.165) is 12.0 Å². The van der Waals surface area contributed by atoms with Gasteiger partial charge in [0.1, 0.15) is 5.82 Å². The lowest BCUT2D eigenvalue weighted by Crippen LogP contribution is -2.14. The number of nitrogens with two attached hydrogens (primary N) is 1. The van der Waals surface area contributed by atoms with Crippen molar-refractivity contribution in [2.24, 2.45) is 5.73 Å². The minimum absolute atomic E-state index is 0.110. The molecule has 0 bridgehead atoms. The molecule has 94 valence electrons. The minimum Gasteiger partial charge on any atom is -0.369 e. The van der Waals surface area contributed by atoms with Crippen LogP contribution in [-0.4, -0.2) is 21.1 Å². The van der Waals surface area contributed by atoms with Gasteiger partial charge < -0.3 is 5.73 Å². The van der Waals surface area contributed by atoms with E-state index >= 15 is 0 Å². The SMILES string of the molecule is NC(=O)Cc1nc(-c2csc3c2CCCC3)n[nH]1. The van der Waals surface area contributed by atoms with Gasteiger partial charge in [-0.1, -0.05) is 0 Å². The predicted octanol–water partition coefficient (Wildman–Crippen LogP) is 1.44. The molecule has 1 aliphatic rings. The number of nitrogens with one attached hydrogen (secondary N) is 1. The second-order valence-electron chi connectivity index (χ2n) is 4.51. The highest BCUT2D eigenvalue weighted by Gasteiger charge is 2.19. The molecule has 0 spiro atoms. The number of H-pyrrole nitrogens is 1. The van der Waals surface area contributed by atoms with Crippen LogP contribution in [0.3, 0.4) is 0 Å². The number of aromatic amines is 1. The van der Waals surface area contributed by atoms with Crippen molar-refractivity contribution in [1.82, 2.24) is 15.2 Å². The summed E-state index contributed by atoms with van der Waals surface area (Å²) >= 11 is 1.78. The normalized spacial score (nSPS) is 14.4. The molecule has 6 heteroatoms. The summed E-state index contributed by atoms with van der Waals surface area (Å²) in [5, 5.41) is 9.08. The summed E-state index contributed by atoms with van der Waals surface area (Å²) in [5.41, 5.74) is 7.64. The van der Waals surface area contributed by atoms with E-state index in [1.165, 1.54) is 29.7 Å². The fraction of sp³-hybridized carbons (Fsp3) is 0.417. The van der Waals surface area contributed by atoms with Gasteiger partial charge in [0.2, 0.25) is 5.91 Å². The second kappa shape index (κ2) is 4.53. The van der Waals surface area contributed by atoms with Crippen molar-refractivity contribution in [3.05, 3.63) is 21.6 Å². The molecule has 2 aromatic rings. The average Bonchev–Trinajstić information content (AvgIpc) is 2.94. The van der Waals surface area contributed by atoms with Crippen LogP contribution in [0.15, 0.2) is 5.38 Å². The third-order valence-electron chi connectivity index (χ3n) is 3.18. The highest BCUT2D eigenvalue weighted by atomic mass is 32.1. The van der Waals surface area contributed by atoms with Gasteiger partial charge in [-0.15, -0.1) is 11.3 Å². The Morgan fingerprint density at radius 3 is 3.11 bits per heavy atom. The number of carbonyl (C=O) groups excluding carboxylic acids is 1. The Balaban J connectivity index is 1.92. The number of hydrogen-bond acceptors (Lipinski definition) is 4. The molecule has 2 heterocycles. The lowest BCUT2D eigenvalue weighted by atomic mass is 9.96. The Morgan fingerprint density at radius 2 is 2.28 bits per heavy atom. The highest BCUT2D eigenvalue weighted by Crippen LogP contribution is 2.34. The molecule has 3 N–H and O–H groups in total. The first-order chi connectivity index (χ1) is 8.74. The zero-order chi connectivity index (χ0) is 12.5. The fourth-order valence-electron chi connectivity index (χ4n) is 2.34. The molecule has 0 radical (unpaired) electrons. The van der Waals surface area contributed by atoms with E-state index in [0.29, 0.717) is 11.6 Å². The molecule has 3 rings (SSSR count). The third kappa shape index (κ3) is 2.03. The van der Waals surface area contributed by atoms with Gasteiger partial charge in [-0.3, -0.25) is 9.89 Å². The van der Waals surface area contributed by atoms with Gasteiger partial charge in [0, 0.05) is 15.8 Å². The first-order valence-electron chi connectivity index (χ1n) is 6.03. The van der Waals surface area contributed by atoms with Crippen molar-refractivity contribution in [1.29, 1.82) is 0 Å². The quantitative estimate of drug-likeness (QED) is 0.877. The average molecular weight is 262 g/mol. The van der Waals surface area contributed by atoms with Crippen molar-refractivity contribution in [3.8, 4) is 11.4 Å². The standard InChI is InChI=1S/C12H14N4OS/c13-10(17)5-11-14-12(16-15-11)8-6-18-9-4-2-1-3-7(8)9/h6H,1-5H2,(H2,13,17)(H,14,15,16). The minimum atomic E-state index is -0.398. The molecule has 0 aromatic carbocycles. The van der Waals surface area contributed by atoms with Crippen LogP contribution in [0.5, 0.6) is 0 Å². The maximum absolute atomic E-state index is 10.8. The Kier molecular flexibility index (Phi) is 2.87. The zero-order valence-electron chi connectivity index (χ0n) is 9.90. The van der Waals surface area contributed by atoms with E-state index in [1.54, 1.807) is 11.3 Å². The maximum Gasteiger partial charge on any atom is 0.225 e. The Bertz CT molecular complexity index is 587. The summed E-state index contributed by atoms with van der Waals surface area (Å²) in [6, 6.07) is 0. The molecule has 0 unspecified atom stereocenters. The Labute approximate surface area is 108 Å². The van der Waals surface area contributed by atoms with Crippen molar-refractivity contribution in [2.45, 2.75) is 32.1 Å². The molecule has 0 saturated carbocycles. The van der Waals surface area contributed by atoms with E-state index in [2.05, 4.69) is 20.6 Å². The van der Waals surface area contributed by atoms with Crippen LogP contribution in [0.2, 0.25) is 0 Å². The summed E-state index contributed by atoms with van der Waals surface area (Å²) in [6.07, 6.45) is 4.88. The molecule has 18 heavy (non-hydrogen) atoms. The zero-order valence-corrected chi connectivity index (χ0v) is 10.7. The molecular formula is C12H14N4OS. The van der Waals surface area contributed by atoms with E-state index in [4.69, 9.17) is 5.73 Å². The van der Waals surface area contributed by atoms with E-state index in [-0.39, 0.29) is 6.42 Å². The van der Waals surface area contributed by atoms with Gasteiger partial charge in [0.25, 0.3) is 0 Å². The number of aromatic nitrogens is 3. The smallest absolute Gasteiger partial charge is 0.225 e. The van der Waals surface area contributed by atoms with Crippen LogP contribution in [0.25, 0.3) is 11.4 Å². The molecule has 0 saturated heterocycles. The van der Waals surface area contributed by atoms with E-state index in [1.807, 2.05) is 0 Å². The van der Waals surface area contributed by atoms with Crippen LogP contribution >= 0.6 is 11.3 Å². The highest BCUT2D eigenvalue weighted by molar-refractivity contribution is 7.10. The molecular weight excluding hydrogens is 248 g/mol. The number of carbonyl (C=O) groups is 1. The number of primary amides is 1. The lowest BCUT2D eigenvalue weighted by Gasteiger charge is -2.11. The van der Waals surface area contributed by atoms with Crippen LogP contribution in [0.1, 0.15) is 29.1 Å². The fourth-order valence-corrected chi connectivity index (χ4v) is 3.47. The number of amides is 1. The van der Waals surface area contributed by atoms with Crippen LogP contribution in [-0.2, 0) is 24.1 Å². The van der Waals surface area contributed by atoms with E-state index in [9.17, 15) is 4.79 Å². The molecule has 0 aliphatic heterocycles. The number of rotatable bonds is 3. The molecule has 5 nitrogen and oxygen atoms in total. The summed E-state index contributed by atoms with van der Waals surface area (Å²) in [7, 11) is 0. The topological polar surface area (TPSA) is 84.7 Å². The van der Waals surface area contributed by atoms with Crippen molar-refractivity contribution >= 4 is 17.2 Å². The summed E-state index contributed by atoms with van der Waals surface area (Å²) in [5.74, 6) is 0.823. The molecule has 0 fully saturated rings. The maximum atomic E-state index is 10.8. The number of nitrogens with zero attached hydrogens (tertiary/aromatic N) is 2. The number of aryl methyl sites for hydroxylation is 1. The summed E-state index contributed by atoms with van der Waals surface area (Å²) < 4.78 is 0. The third-order valence-corrected chi connectivity index (χ3v) is 4.26. The van der Waals surface area contributed by atoms with Gasteiger partial charge >= 0.3 is 0 Å². The van der Waals surface area contributed by atoms with Gasteiger partial charge in [-0.2, -0.15) is 5.10 Å². The molecule has 2 aromatic heterocycles. The van der Waals surface area contributed by atoms with E-state index < -0.39 is 5.91 Å². The number of thiophene rings is 1. The van der Waals surface area contributed by atoms with Crippen molar-refractivity contribution in [3.63, 3.8) is 0 Å². The monoisotopic (exact) mass is 262 g/mol. The Morgan fingerprint density at radius 1 is 1.44 bits per heavy atom.